The third-order valence-electron chi connectivity index (χ3n) is 4.76. The van der Waals surface area contributed by atoms with Crippen LogP contribution in [0, 0.1) is 10.1 Å². The van der Waals surface area contributed by atoms with E-state index in [-0.39, 0.29) is 11.4 Å². The molecule has 0 aromatic heterocycles. The fourth-order valence-corrected chi connectivity index (χ4v) is 3.32. The first-order valence-electron chi connectivity index (χ1n) is 8.96. The molecular formula is C22H16N2O5. The van der Waals surface area contributed by atoms with E-state index in [1.807, 2.05) is 30.3 Å². The number of cyclic esters (lactones) is 1. The molecule has 0 aliphatic carbocycles. The number of hydrogen-bond donors (Lipinski definition) is 1. The fraction of sp³-hybridized carbons (Fsp3) is 0.0909. The minimum Gasteiger partial charge on any atom is -0.454 e. The molecular weight excluding hydrogens is 372 g/mol. The van der Waals surface area contributed by atoms with E-state index in [1.165, 1.54) is 24.3 Å². The number of nitrogens with zero attached hydrogens (tertiary/aromatic N) is 1. The lowest BCUT2D eigenvalue weighted by Gasteiger charge is -2.25. The normalized spacial score (nSPS) is 15.2. The van der Waals surface area contributed by atoms with Gasteiger partial charge in [-0.25, -0.2) is 4.79 Å². The molecule has 1 aliphatic rings. The molecule has 3 aromatic rings. The molecule has 4 rings (SSSR count). The fourth-order valence-electron chi connectivity index (χ4n) is 3.32. The number of nitrogens with one attached hydrogen (secondary N) is 1. The van der Waals surface area contributed by atoms with E-state index in [1.54, 1.807) is 18.2 Å². The minimum absolute atomic E-state index is 0.113. The van der Waals surface area contributed by atoms with Gasteiger partial charge in [0.15, 0.2) is 0 Å². The number of nitro groups is 1. The second-order valence-corrected chi connectivity index (χ2v) is 6.61. The number of carbonyl (C=O) groups excluding carboxylic acids is 2. The first-order chi connectivity index (χ1) is 14.0. The Balaban J connectivity index is 1.61. The second kappa shape index (κ2) is 7.55. The monoisotopic (exact) mass is 388 g/mol. The van der Waals surface area contributed by atoms with Gasteiger partial charge in [0, 0.05) is 18.1 Å². The van der Waals surface area contributed by atoms with E-state index in [4.69, 9.17) is 4.74 Å². The predicted molar refractivity (Wildman–Crippen MR) is 106 cm³/mol. The zero-order valence-corrected chi connectivity index (χ0v) is 15.2. The van der Waals surface area contributed by atoms with Gasteiger partial charge < -0.3 is 10.1 Å². The Bertz CT molecular complexity index is 1110. The highest BCUT2D eigenvalue weighted by Gasteiger charge is 2.28. The summed E-state index contributed by atoms with van der Waals surface area (Å²) >= 11 is 0. The molecule has 0 saturated heterocycles. The van der Waals surface area contributed by atoms with Crippen LogP contribution in [0.1, 0.15) is 37.9 Å². The molecule has 3 aromatic carbocycles. The average molecular weight is 388 g/mol. The lowest BCUT2D eigenvalue weighted by atomic mass is 9.93. The molecule has 0 bridgehead atoms. The van der Waals surface area contributed by atoms with Gasteiger partial charge in [0.05, 0.1) is 10.5 Å². The minimum atomic E-state index is -0.553. The molecule has 1 aliphatic heterocycles. The third kappa shape index (κ3) is 3.70. The van der Waals surface area contributed by atoms with E-state index in [9.17, 15) is 19.7 Å². The maximum atomic E-state index is 12.7. The standard InChI is InChI=1S/C22H16N2O5/c25-21(23-18-8-4-5-9-19(18)24(27)28)15-10-11-17-16(12-15)13-20(29-22(17)26)14-6-2-1-3-7-14/h1-12,20H,13H2,(H,23,25). The van der Waals surface area contributed by atoms with Crippen LogP contribution < -0.4 is 5.32 Å². The summed E-state index contributed by atoms with van der Waals surface area (Å²) in [5.41, 5.74) is 2.22. The van der Waals surface area contributed by atoms with Crippen LogP contribution in [0.5, 0.6) is 0 Å². The van der Waals surface area contributed by atoms with E-state index >= 15 is 0 Å². The van der Waals surface area contributed by atoms with Crippen molar-refractivity contribution in [2.24, 2.45) is 0 Å². The van der Waals surface area contributed by atoms with Gasteiger partial charge in [-0.3, -0.25) is 14.9 Å². The van der Waals surface area contributed by atoms with Gasteiger partial charge in [0.2, 0.25) is 0 Å². The summed E-state index contributed by atoms with van der Waals surface area (Å²) in [6, 6.07) is 20.0. The Kier molecular flexibility index (Phi) is 4.78. The maximum Gasteiger partial charge on any atom is 0.339 e. The first kappa shape index (κ1) is 18.4. The summed E-state index contributed by atoms with van der Waals surface area (Å²) in [6.45, 7) is 0. The van der Waals surface area contributed by atoms with Crippen LogP contribution in [-0.2, 0) is 11.2 Å². The number of hydrogen-bond acceptors (Lipinski definition) is 5. The van der Waals surface area contributed by atoms with Crippen molar-refractivity contribution < 1.29 is 19.2 Å². The topological polar surface area (TPSA) is 98.5 Å². The summed E-state index contributed by atoms with van der Waals surface area (Å²) in [4.78, 5) is 35.6. The second-order valence-electron chi connectivity index (χ2n) is 6.61. The quantitative estimate of drug-likeness (QED) is 0.408. The van der Waals surface area contributed by atoms with Gasteiger partial charge in [-0.05, 0) is 35.4 Å². The summed E-state index contributed by atoms with van der Waals surface area (Å²) in [5.74, 6) is -0.928. The van der Waals surface area contributed by atoms with Gasteiger partial charge in [-0.1, -0.05) is 42.5 Å². The Labute approximate surface area is 166 Å². The van der Waals surface area contributed by atoms with Crippen molar-refractivity contribution in [3.8, 4) is 0 Å². The smallest absolute Gasteiger partial charge is 0.339 e. The molecule has 1 N–H and O–H groups in total. The number of anilines is 1. The van der Waals surface area contributed by atoms with Crippen LogP contribution in [-0.4, -0.2) is 16.8 Å². The number of para-hydroxylation sites is 2. The van der Waals surface area contributed by atoms with Gasteiger partial charge in [-0.2, -0.15) is 0 Å². The molecule has 0 saturated carbocycles. The van der Waals surface area contributed by atoms with Crippen molar-refractivity contribution in [2.45, 2.75) is 12.5 Å². The number of carbonyl (C=O) groups is 2. The van der Waals surface area contributed by atoms with E-state index in [2.05, 4.69) is 5.32 Å². The van der Waals surface area contributed by atoms with Crippen LogP contribution in [0.2, 0.25) is 0 Å². The molecule has 29 heavy (non-hydrogen) atoms. The number of ether oxygens (including phenoxy) is 1. The summed E-state index contributed by atoms with van der Waals surface area (Å²) in [7, 11) is 0. The molecule has 1 unspecified atom stereocenters. The zero-order chi connectivity index (χ0) is 20.4. The molecule has 1 amide bonds. The Morgan fingerprint density at radius 1 is 1.03 bits per heavy atom. The summed E-state index contributed by atoms with van der Waals surface area (Å²) < 4.78 is 5.52. The number of esters is 1. The van der Waals surface area contributed by atoms with E-state index in [0.717, 1.165) is 5.56 Å². The molecule has 7 heteroatoms. The summed E-state index contributed by atoms with van der Waals surface area (Å²) in [5, 5.41) is 13.7. The molecule has 0 radical (unpaired) electrons. The Morgan fingerprint density at radius 3 is 2.52 bits per heavy atom. The molecule has 0 fully saturated rings. The largest absolute Gasteiger partial charge is 0.454 e. The first-order valence-corrected chi connectivity index (χ1v) is 8.96. The van der Waals surface area contributed by atoms with Crippen molar-refractivity contribution >= 4 is 23.3 Å². The number of rotatable bonds is 4. The number of amides is 1. The average Bonchev–Trinajstić information content (AvgIpc) is 2.74. The van der Waals surface area contributed by atoms with Crippen LogP contribution in [0.25, 0.3) is 0 Å². The Hall–Kier alpha value is -4.00. The number of fused-ring (bicyclic) bond motifs is 1. The lowest BCUT2D eigenvalue weighted by molar-refractivity contribution is -0.383. The highest BCUT2D eigenvalue weighted by molar-refractivity contribution is 6.06. The Morgan fingerprint density at radius 2 is 1.76 bits per heavy atom. The highest BCUT2D eigenvalue weighted by Crippen LogP contribution is 2.31. The van der Waals surface area contributed by atoms with Gasteiger partial charge in [-0.15, -0.1) is 0 Å². The molecule has 0 spiro atoms. The SMILES string of the molecule is O=C(Nc1ccccc1[N+](=O)[O-])c1ccc2c(c1)CC(c1ccccc1)OC2=O. The predicted octanol–water partition coefficient (Wildman–Crippen LogP) is 4.30. The van der Waals surface area contributed by atoms with Gasteiger partial charge in [0.1, 0.15) is 11.8 Å². The summed E-state index contributed by atoms with van der Waals surface area (Å²) in [6.07, 6.45) is 0.0160. The van der Waals surface area contributed by atoms with Gasteiger partial charge in [0.25, 0.3) is 11.6 Å². The molecule has 144 valence electrons. The third-order valence-corrected chi connectivity index (χ3v) is 4.76. The van der Waals surface area contributed by atoms with Crippen molar-refractivity contribution in [1.29, 1.82) is 0 Å². The maximum absolute atomic E-state index is 12.7. The lowest BCUT2D eigenvalue weighted by Crippen LogP contribution is -2.23. The van der Waals surface area contributed by atoms with Gasteiger partial charge >= 0.3 is 5.97 Å². The van der Waals surface area contributed by atoms with Crippen molar-refractivity contribution in [3.05, 3.63) is 105 Å². The highest BCUT2D eigenvalue weighted by atomic mass is 16.6. The van der Waals surface area contributed by atoms with Crippen molar-refractivity contribution in [3.63, 3.8) is 0 Å². The van der Waals surface area contributed by atoms with Crippen molar-refractivity contribution in [2.75, 3.05) is 5.32 Å². The number of nitro benzene ring substituents is 1. The van der Waals surface area contributed by atoms with Crippen molar-refractivity contribution in [1.82, 2.24) is 0 Å². The van der Waals surface area contributed by atoms with Crippen LogP contribution in [0.4, 0.5) is 11.4 Å². The number of benzene rings is 3. The molecule has 1 heterocycles. The van der Waals surface area contributed by atoms with E-state index in [0.29, 0.717) is 23.1 Å². The molecule has 7 nitrogen and oxygen atoms in total. The van der Waals surface area contributed by atoms with Crippen LogP contribution in [0.3, 0.4) is 0 Å². The molecule has 1 atom stereocenters. The van der Waals surface area contributed by atoms with Crippen LogP contribution >= 0.6 is 0 Å². The van der Waals surface area contributed by atoms with Crippen LogP contribution in [0.15, 0.2) is 72.8 Å². The van der Waals surface area contributed by atoms with E-state index < -0.39 is 22.9 Å². The zero-order valence-electron chi connectivity index (χ0n) is 15.2.